The van der Waals surface area contributed by atoms with Crippen LogP contribution in [0, 0.1) is 6.92 Å². The third-order valence-electron chi connectivity index (χ3n) is 3.26. The Hall–Kier alpha value is -1.29. The van der Waals surface area contributed by atoms with Crippen molar-refractivity contribution in [1.82, 2.24) is 4.98 Å². The molecule has 4 heteroatoms. The fraction of sp³-hybridized carbons (Fsp3) is 0.583. The van der Waals surface area contributed by atoms with Crippen molar-refractivity contribution in [1.29, 1.82) is 0 Å². The molecule has 2 N–H and O–H groups in total. The normalized spacial score (nSPS) is 17.4. The van der Waals surface area contributed by atoms with E-state index in [0.717, 1.165) is 43.1 Å². The second-order valence-electron chi connectivity index (χ2n) is 4.32. The molecule has 0 saturated carbocycles. The Labute approximate surface area is 96.4 Å². The van der Waals surface area contributed by atoms with Crippen molar-refractivity contribution in [3.63, 3.8) is 0 Å². The standard InChI is InChI=1S/C12H19N3O/c1-9-3-6-14-12(11(9)13)15(2)10-4-7-16-8-5-10/h3,6,10H,4-5,7-8,13H2,1-2H3. The number of aromatic nitrogens is 1. The van der Waals surface area contributed by atoms with Gasteiger partial charge in [0.1, 0.15) is 0 Å². The number of hydrogen-bond acceptors (Lipinski definition) is 4. The van der Waals surface area contributed by atoms with Gasteiger partial charge in [-0.3, -0.25) is 0 Å². The average Bonchev–Trinajstić information content (AvgIpc) is 2.33. The van der Waals surface area contributed by atoms with Gasteiger partial charge in [0.25, 0.3) is 0 Å². The van der Waals surface area contributed by atoms with Crippen LogP contribution in [0.1, 0.15) is 18.4 Å². The van der Waals surface area contributed by atoms with E-state index in [-0.39, 0.29) is 0 Å². The molecule has 2 heterocycles. The van der Waals surface area contributed by atoms with Gasteiger partial charge in [-0.1, -0.05) is 0 Å². The average molecular weight is 221 g/mol. The molecule has 88 valence electrons. The molecule has 0 unspecified atom stereocenters. The number of anilines is 2. The molecule has 1 aromatic rings. The van der Waals surface area contributed by atoms with Gasteiger partial charge < -0.3 is 15.4 Å². The molecule has 1 aliphatic rings. The Morgan fingerprint density at radius 1 is 1.44 bits per heavy atom. The van der Waals surface area contributed by atoms with E-state index in [9.17, 15) is 0 Å². The van der Waals surface area contributed by atoms with Crippen LogP contribution in [0.3, 0.4) is 0 Å². The summed E-state index contributed by atoms with van der Waals surface area (Å²) in [6, 6.07) is 2.43. The Morgan fingerprint density at radius 2 is 2.12 bits per heavy atom. The quantitative estimate of drug-likeness (QED) is 0.824. The zero-order valence-corrected chi connectivity index (χ0v) is 9.94. The molecule has 16 heavy (non-hydrogen) atoms. The summed E-state index contributed by atoms with van der Waals surface area (Å²) >= 11 is 0. The van der Waals surface area contributed by atoms with Crippen LogP contribution < -0.4 is 10.6 Å². The lowest BCUT2D eigenvalue weighted by Crippen LogP contribution is -2.37. The number of nitrogen functional groups attached to an aromatic ring is 1. The number of nitrogens with zero attached hydrogens (tertiary/aromatic N) is 2. The highest BCUT2D eigenvalue weighted by Gasteiger charge is 2.21. The van der Waals surface area contributed by atoms with Gasteiger partial charge in [0, 0.05) is 32.5 Å². The van der Waals surface area contributed by atoms with Crippen LogP contribution in [-0.2, 0) is 4.74 Å². The smallest absolute Gasteiger partial charge is 0.152 e. The number of nitrogens with two attached hydrogens (primary N) is 1. The molecule has 0 amide bonds. The van der Waals surface area contributed by atoms with Crippen LogP contribution in [0.5, 0.6) is 0 Å². The predicted molar refractivity (Wildman–Crippen MR) is 65.6 cm³/mol. The minimum Gasteiger partial charge on any atom is -0.396 e. The first-order valence-electron chi connectivity index (χ1n) is 5.72. The molecule has 0 aromatic carbocycles. The Morgan fingerprint density at radius 3 is 2.81 bits per heavy atom. The van der Waals surface area contributed by atoms with Crippen LogP contribution >= 0.6 is 0 Å². The molecule has 0 radical (unpaired) electrons. The van der Waals surface area contributed by atoms with E-state index in [0.29, 0.717) is 6.04 Å². The lowest BCUT2D eigenvalue weighted by Gasteiger charge is -2.32. The van der Waals surface area contributed by atoms with Gasteiger partial charge in [-0.2, -0.15) is 0 Å². The van der Waals surface area contributed by atoms with E-state index in [1.807, 2.05) is 19.2 Å². The van der Waals surface area contributed by atoms with E-state index < -0.39 is 0 Å². The molecule has 1 fully saturated rings. The van der Waals surface area contributed by atoms with Crippen molar-refractivity contribution in [3.8, 4) is 0 Å². The number of ether oxygens (including phenoxy) is 1. The number of rotatable bonds is 2. The fourth-order valence-corrected chi connectivity index (χ4v) is 2.08. The fourth-order valence-electron chi connectivity index (χ4n) is 2.08. The summed E-state index contributed by atoms with van der Waals surface area (Å²) in [4.78, 5) is 6.56. The largest absolute Gasteiger partial charge is 0.396 e. The van der Waals surface area contributed by atoms with Gasteiger partial charge in [-0.05, 0) is 31.4 Å². The van der Waals surface area contributed by atoms with Gasteiger partial charge in [0.2, 0.25) is 0 Å². The van der Waals surface area contributed by atoms with Crippen LogP contribution in [0.15, 0.2) is 12.3 Å². The summed E-state index contributed by atoms with van der Waals surface area (Å²) < 4.78 is 5.36. The van der Waals surface area contributed by atoms with Gasteiger partial charge in [-0.25, -0.2) is 4.98 Å². The lowest BCUT2D eigenvalue weighted by molar-refractivity contribution is 0.0854. The number of hydrogen-bond donors (Lipinski definition) is 1. The number of pyridine rings is 1. The summed E-state index contributed by atoms with van der Waals surface area (Å²) in [5.41, 5.74) is 7.93. The molecule has 4 nitrogen and oxygen atoms in total. The van der Waals surface area contributed by atoms with Gasteiger partial charge in [-0.15, -0.1) is 0 Å². The van der Waals surface area contributed by atoms with Crippen molar-refractivity contribution >= 4 is 11.5 Å². The van der Waals surface area contributed by atoms with Crippen molar-refractivity contribution < 1.29 is 4.74 Å². The van der Waals surface area contributed by atoms with E-state index >= 15 is 0 Å². The van der Waals surface area contributed by atoms with E-state index in [2.05, 4.69) is 16.9 Å². The van der Waals surface area contributed by atoms with Crippen LogP contribution in [0.25, 0.3) is 0 Å². The zero-order chi connectivity index (χ0) is 11.5. The number of aryl methyl sites for hydroxylation is 1. The first-order chi connectivity index (χ1) is 7.70. The van der Waals surface area contributed by atoms with Crippen molar-refractivity contribution in [3.05, 3.63) is 17.8 Å². The first-order valence-corrected chi connectivity index (χ1v) is 5.72. The minimum atomic E-state index is 0.491. The van der Waals surface area contributed by atoms with Gasteiger partial charge in [0.05, 0.1) is 5.69 Å². The molecular formula is C12H19N3O. The molecule has 1 saturated heterocycles. The molecule has 0 bridgehead atoms. The topological polar surface area (TPSA) is 51.4 Å². The van der Waals surface area contributed by atoms with E-state index in [4.69, 9.17) is 10.5 Å². The molecule has 1 aromatic heterocycles. The summed E-state index contributed by atoms with van der Waals surface area (Å²) in [6.07, 6.45) is 3.91. The van der Waals surface area contributed by atoms with Crippen LogP contribution in [0.2, 0.25) is 0 Å². The third-order valence-corrected chi connectivity index (χ3v) is 3.26. The maximum Gasteiger partial charge on any atom is 0.152 e. The third kappa shape index (κ3) is 2.11. The monoisotopic (exact) mass is 221 g/mol. The molecule has 2 rings (SSSR count). The summed E-state index contributed by atoms with van der Waals surface area (Å²) in [5.74, 6) is 0.895. The van der Waals surface area contributed by atoms with Crippen molar-refractivity contribution in [2.24, 2.45) is 0 Å². The van der Waals surface area contributed by atoms with Crippen molar-refractivity contribution in [2.45, 2.75) is 25.8 Å². The minimum absolute atomic E-state index is 0.491. The van der Waals surface area contributed by atoms with E-state index in [1.165, 1.54) is 0 Å². The first kappa shape index (κ1) is 11.2. The highest BCUT2D eigenvalue weighted by Crippen LogP contribution is 2.26. The summed E-state index contributed by atoms with van der Waals surface area (Å²) in [6.45, 7) is 3.68. The molecular weight excluding hydrogens is 202 g/mol. The Bertz CT molecular complexity index is 361. The SMILES string of the molecule is Cc1ccnc(N(C)C2CCOCC2)c1N. The Kier molecular flexibility index (Phi) is 3.29. The molecule has 0 spiro atoms. The van der Waals surface area contributed by atoms with Gasteiger partial charge in [0.15, 0.2) is 5.82 Å². The second-order valence-corrected chi connectivity index (χ2v) is 4.32. The second kappa shape index (κ2) is 4.70. The summed E-state index contributed by atoms with van der Waals surface area (Å²) in [7, 11) is 2.06. The maximum absolute atomic E-state index is 6.05. The summed E-state index contributed by atoms with van der Waals surface area (Å²) in [5, 5.41) is 0. The Balaban J connectivity index is 2.19. The van der Waals surface area contributed by atoms with Crippen molar-refractivity contribution in [2.75, 3.05) is 30.9 Å². The lowest BCUT2D eigenvalue weighted by atomic mass is 10.1. The highest BCUT2D eigenvalue weighted by molar-refractivity contribution is 5.66. The van der Waals surface area contributed by atoms with Crippen LogP contribution in [0.4, 0.5) is 11.5 Å². The predicted octanol–water partition coefficient (Wildman–Crippen LogP) is 1.59. The molecule has 1 aliphatic heterocycles. The molecule has 0 aliphatic carbocycles. The van der Waals surface area contributed by atoms with E-state index in [1.54, 1.807) is 0 Å². The van der Waals surface area contributed by atoms with Crippen LogP contribution in [-0.4, -0.2) is 31.3 Å². The zero-order valence-electron chi connectivity index (χ0n) is 9.94. The molecule has 0 atom stereocenters. The van der Waals surface area contributed by atoms with Gasteiger partial charge >= 0.3 is 0 Å². The maximum atomic E-state index is 6.05. The highest BCUT2D eigenvalue weighted by atomic mass is 16.5.